The number of aromatic nitrogens is 2. The number of carboxylic acids is 1. The Morgan fingerprint density at radius 3 is 3.04 bits per heavy atom. The summed E-state index contributed by atoms with van der Waals surface area (Å²) in [5.74, 6) is -1.23. The zero-order valence-electron chi connectivity index (χ0n) is 11.5. The Bertz CT molecular complexity index is 957. The molecule has 1 aromatic carbocycles. The molecule has 10 heteroatoms. The van der Waals surface area contributed by atoms with Crippen LogP contribution in [0.5, 0.6) is 0 Å². The summed E-state index contributed by atoms with van der Waals surface area (Å²) < 4.78 is 1.67. The van der Waals surface area contributed by atoms with Crippen molar-refractivity contribution in [1.82, 2.24) is 9.97 Å². The van der Waals surface area contributed by atoms with Crippen LogP contribution in [0.3, 0.4) is 0 Å². The standard InChI is InChI=1S/C13H10N4O3S3/c14-12-15-7(5-22-12)10(11(18)19)17-20-4-6-2-1-3-8-9(6)16-13(21)23-8/h1-3,5H,4H2,(H2,14,15)(H,16,21)(H,18,19)/b17-10-. The van der Waals surface area contributed by atoms with Gasteiger partial charge in [0.1, 0.15) is 12.3 Å². The van der Waals surface area contributed by atoms with Crippen molar-refractivity contribution in [1.29, 1.82) is 0 Å². The number of anilines is 1. The first-order valence-electron chi connectivity index (χ1n) is 6.30. The number of oxime groups is 1. The molecule has 3 aromatic rings. The molecular weight excluding hydrogens is 356 g/mol. The van der Waals surface area contributed by atoms with Gasteiger partial charge in [-0.15, -0.1) is 22.7 Å². The minimum absolute atomic E-state index is 0.107. The van der Waals surface area contributed by atoms with E-state index in [9.17, 15) is 9.90 Å². The highest BCUT2D eigenvalue weighted by atomic mass is 32.1. The monoisotopic (exact) mass is 366 g/mol. The van der Waals surface area contributed by atoms with E-state index < -0.39 is 5.97 Å². The molecule has 2 heterocycles. The molecule has 118 valence electrons. The number of carbonyl (C=O) groups is 1. The smallest absolute Gasteiger partial charge is 0.360 e. The minimum atomic E-state index is -1.23. The summed E-state index contributed by atoms with van der Waals surface area (Å²) in [6.07, 6.45) is 0. The SMILES string of the molecule is Nc1nc(/C(=N/OCc2cccc3sc(=S)[nH]c23)C(=O)O)cs1. The number of thiazole rings is 2. The van der Waals surface area contributed by atoms with E-state index in [4.69, 9.17) is 22.8 Å². The number of nitrogens with two attached hydrogens (primary N) is 1. The van der Waals surface area contributed by atoms with E-state index in [0.29, 0.717) is 3.95 Å². The molecule has 0 bridgehead atoms. The number of hydrogen-bond donors (Lipinski definition) is 3. The number of aliphatic carboxylic acids is 1. The van der Waals surface area contributed by atoms with Gasteiger partial charge in [-0.2, -0.15) is 0 Å². The molecule has 0 amide bonds. The van der Waals surface area contributed by atoms with Gasteiger partial charge in [0.25, 0.3) is 0 Å². The number of aromatic amines is 1. The second kappa shape index (κ2) is 6.44. The van der Waals surface area contributed by atoms with Crippen LogP contribution in [0, 0.1) is 3.95 Å². The van der Waals surface area contributed by atoms with Crippen molar-refractivity contribution in [3.63, 3.8) is 0 Å². The van der Waals surface area contributed by atoms with Crippen molar-refractivity contribution in [3.8, 4) is 0 Å². The maximum Gasteiger partial charge on any atom is 0.360 e. The van der Waals surface area contributed by atoms with Gasteiger partial charge in [0.2, 0.25) is 5.71 Å². The van der Waals surface area contributed by atoms with E-state index in [1.54, 1.807) is 0 Å². The first-order valence-corrected chi connectivity index (χ1v) is 8.40. The van der Waals surface area contributed by atoms with Crippen molar-refractivity contribution in [3.05, 3.63) is 38.8 Å². The molecule has 3 rings (SSSR count). The number of para-hydroxylation sites is 1. The molecule has 2 aromatic heterocycles. The molecule has 23 heavy (non-hydrogen) atoms. The van der Waals surface area contributed by atoms with Crippen LogP contribution in [0.4, 0.5) is 5.13 Å². The van der Waals surface area contributed by atoms with Crippen LogP contribution in [0.2, 0.25) is 0 Å². The first kappa shape index (κ1) is 15.6. The van der Waals surface area contributed by atoms with Crippen molar-refractivity contribution in [2.75, 3.05) is 5.73 Å². The van der Waals surface area contributed by atoms with Crippen molar-refractivity contribution in [2.45, 2.75) is 6.61 Å². The maximum atomic E-state index is 11.3. The molecule has 0 fully saturated rings. The van der Waals surface area contributed by atoms with Gasteiger partial charge in [0.15, 0.2) is 9.09 Å². The number of carboxylic acid groups (broad SMARTS) is 1. The van der Waals surface area contributed by atoms with E-state index in [1.807, 2.05) is 18.2 Å². The van der Waals surface area contributed by atoms with Gasteiger partial charge in [-0.25, -0.2) is 9.78 Å². The average molecular weight is 366 g/mol. The lowest BCUT2D eigenvalue weighted by molar-refractivity contribution is -0.129. The average Bonchev–Trinajstić information content (AvgIpc) is 3.08. The highest BCUT2D eigenvalue weighted by Gasteiger charge is 2.17. The summed E-state index contributed by atoms with van der Waals surface area (Å²) in [6.45, 7) is 0.107. The van der Waals surface area contributed by atoms with E-state index in [-0.39, 0.29) is 23.1 Å². The van der Waals surface area contributed by atoms with Crippen LogP contribution in [-0.2, 0) is 16.2 Å². The highest BCUT2D eigenvalue weighted by molar-refractivity contribution is 7.73. The van der Waals surface area contributed by atoms with Gasteiger partial charge in [0, 0.05) is 10.9 Å². The Hall–Kier alpha value is -2.30. The Labute approximate surface area is 143 Å². The Balaban J connectivity index is 1.83. The predicted molar refractivity (Wildman–Crippen MR) is 92.5 cm³/mol. The van der Waals surface area contributed by atoms with Gasteiger partial charge >= 0.3 is 5.97 Å². The number of nitrogen functional groups attached to an aromatic ring is 1. The molecule has 7 nitrogen and oxygen atoms in total. The van der Waals surface area contributed by atoms with Crippen molar-refractivity contribution in [2.24, 2.45) is 5.16 Å². The fourth-order valence-electron chi connectivity index (χ4n) is 1.91. The van der Waals surface area contributed by atoms with Crippen LogP contribution >= 0.6 is 34.9 Å². The van der Waals surface area contributed by atoms with Crippen molar-refractivity contribution >= 4 is 61.9 Å². The maximum absolute atomic E-state index is 11.3. The number of fused-ring (bicyclic) bond motifs is 1. The third kappa shape index (κ3) is 3.38. The molecule has 0 aliphatic carbocycles. The quantitative estimate of drug-likeness (QED) is 0.363. The van der Waals surface area contributed by atoms with E-state index in [0.717, 1.165) is 27.1 Å². The predicted octanol–water partition coefficient (Wildman–Crippen LogP) is 3.00. The highest BCUT2D eigenvalue weighted by Crippen LogP contribution is 2.23. The molecule has 0 aliphatic heterocycles. The number of rotatable bonds is 5. The molecule has 0 unspecified atom stereocenters. The Kier molecular flexibility index (Phi) is 4.37. The molecule has 0 aliphatic rings. The van der Waals surface area contributed by atoms with Gasteiger partial charge < -0.3 is 20.7 Å². The number of nitrogens with one attached hydrogen (secondary N) is 1. The lowest BCUT2D eigenvalue weighted by atomic mass is 10.2. The largest absolute Gasteiger partial charge is 0.476 e. The van der Waals surface area contributed by atoms with E-state index in [2.05, 4.69) is 15.1 Å². The fourth-order valence-corrected chi connectivity index (χ4v) is 3.61. The van der Waals surface area contributed by atoms with Crippen molar-refractivity contribution < 1.29 is 14.7 Å². The number of H-pyrrole nitrogens is 1. The molecule has 0 atom stereocenters. The summed E-state index contributed by atoms with van der Waals surface area (Å²) in [6, 6.07) is 5.68. The van der Waals surface area contributed by atoms with Crippen LogP contribution in [-0.4, -0.2) is 26.8 Å². The molecule has 0 spiro atoms. The summed E-state index contributed by atoms with van der Waals surface area (Å²) >= 11 is 7.72. The lowest BCUT2D eigenvalue weighted by Gasteiger charge is -2.03. The van der Waals surface area contributed by atoms with E-state index >= 15 is 0 Å². The van der Waals surface area contributed by atoms with Gasteiger partial charge in [-0.05, 0) is 18.3 Å². The number of hydrogen-bond acceptors (Lipinski definition) is 8. The molecule has 0 saturated carbocycles. The summed E-state index contributed by atoms with van der Waals surface area (Å²) in [5.41, 5.74) is 7.09. The zero-order valence-corrected chi connectivity index (χ0v) is 13.9. The minimum Gasteiger partial charge on any atom is -0.476 e. The second-order valence-corrected chi connectivity index (χ2v) is 7.00. The normalized spacial score (nSPS) is 11.7. The summed E-state index contributed by atoms with van der Waals surface area (Å²) in [7, 11) is 0. The van der Waals surface area contributed by atoms with Gasteiger partial charge in [0.05, 0.1) is 10.2 Å². The third-order valence-electron chi connectivity index (χ3n) is 2.89. The molecule has 0 radical (unpaired) electrons. The number of nitrogens with zero attached hydrogens (tertiary/aromatic N) is 2. The summed E-state index contributed by atoms with van der Waals surface area (Å²) in [4.78, 5) is 23.4. The van der Waals surface area contributed by atoms with Crippen LogP contribution in [0.25, 0.3) is 10.2 Å². The zero-order chi connectivity index (χ0) is 16.4. The number of benzene rings is 1. The second-order valence-electron chi connectivity index (χ2n) is 4.39. The van der Waals surface area contributed by atoms with Crippen LogP contribution in [0.1, 0.15) is 11.3 Å². The third-order valence-corrected chi connectivity index (χ3v) is 4.76. The fraction of sp³-hybridized carbons (Fsp3) is 0.0769. The first-order chi connectivity index (χ1) is 11.0. The molecule has 4 N–H and O–H groups in total. The lowest BCUT2D eigenvalue weighted by Crippen LogP contribution is -2.15. The topological polar surface area (TPSA) is 114 Å². The van der Waals surface area contributed by atoms with Crippen LogP contribution < -0.4 is 5.73 Å². The van der Waals surface area contributed by atoms with Gasteiger partial charge in [-0.3, -0.25) is 0 Å². The van der Waals surface area contributed by atoms with Crippen LogP contribution in [0.15, 0.2) is 28.7 Å². The molecular formula is C13H10N4O3S3. The Morgan fingerprint density at radius 1 is 1.52 bits per heavy atom. The molecule has 0 saturated heterocycles. The Morgan fingerprint density at radius 2 is 2.35 bits per heavy atom. The summed E-state index contributed by atoms with van der Waals surface area (Å²) in [5, 5.41) is 14.7. The van der Waals surface area contributed by atoms with Gasteiger partial charge in [-0.1, -0.05) is 17.3 Å². The van der Waals surface area contributed by atoms with E-state index in [1.165, 1.54) is 16.7 Å².